The number of nitrogens with zero attached hydrogens (tertiary/aromatic N) is 2. The van der Waals surface area contributed by atoms with E-state index in [0.29, 0.717) is 28.7 Å². The van der Waals surface area contributed by atoms with Crippen molar-refractivity contribution < 1.29 is 27.1 Å². The molecule has 2 amide bonds. The van der Waals surface area contributed by atoms with Crippen LogP contribution in [-0.4, -0.2) is 68.1 Å². The number of methoxy groups -OCH3 is 1. The molecule has 0 radical (unpaired) electrons. The Balaban J connectivity index is 1.40. The molecule has 1 aliphatic heterocycles. The van der Waals surface area contributed by atoms with E-state index >= 15 is 0 Å². The molecule has 12 heteroatoms. The largest absolute Gasteiger partial charge is 0.497 e. The van der Waals surface area contributed by atoms with E-state index in [0.717, 1.165) is 15.3 Å². The van der Waals surface area contributed by atoms with Gasteiger partial charge in [0.1, 0.15) is 23.4 Å². The molecule has 0 unspecified atom stereocenters. The number of ether oxygens (including phenoxy) is 1. The number of sulfonamides is 1. The van der Waals surface area contributed by atoms with Crippen LogP contribution >= 0.6 is 0 Å². The highest BCUT2D eigenvalue weighted by atomic mass is 32.2. The Morgan fingerprint density at radius 2 is 1.80 bits per heavy atom. The van der Waals surface area contributed by atoms with E-state index in [4.69, 9.17) is 15.9 Å². The lowest BCUT2D eigenvalue weighted by Crippen LogP contribution is -2.49. The Hall–Kier alpha value is -4.81. The number of likely N-dealkylation sites (tertiary alicyclic amines) is 1. The number of amidine groups is 1. The topological polar surface area (TPSA) is 146 Å². The molecule has 1 aliphatic rings. The van der Waals surface area contributed by atoms with Crippen molar-refractivity contribution in [1.29, 1.82) is 5.41 Å². The molecule has 234 valence electrons. The normalized spacial score (nSPS) is 15.0. The first-order chi connectivity index (χ1) is 21.5. The Morgan fingerprint density at radius 1 is 1.04 bits per heavy atom. The van der Waals surface area contributed by atoms with Crippen molar-refractivity contribution in [1.82, 2.24) is 14.5 Å². The number of amides is 2. The maximum atomic E-state index is 14.2. The van der Waals surface area contributed by atoms with Gasteiger partial charge in [0.05, 0.1) is 18.6 Å². The number of benzene rings is 4. The summed E-state index contributed by atoms with van der Waals surface area (Å²) >= 11 is 0. The van der Waals surface area contributed by atoms with E-state index < -0.39 is 34.4 Å². The number of hydrogen-bond donors (Lipinski definition) is 3. The molecule has 0 aromatic heterocycles. The number of rotatable bonds is 12. The zero-order valence-electron chi connectivity index (χ0n) is 24.7. The molecule has 1 saturated heterocycles. The molecule has 5 rings (SSSR count). The average Bonchev–Trinajstić information content (AvgIpc) is 3.38. The lowest BCUT2D eigenvalue weighted by atomic mass is 10.1. The van der Waals surface area contributed by atoms with Crippen molar-refractivity contribution in [2.75, 3.05) is 26.7 Å². The van der Waals surface area contributed by atoms with Crippen LogP contribution in [0.1, 0.15) is 23.1 Å². The Labute approximate surface area is 261 Å². The van der Waals surface area contributed by atoms with Crippen LogP contribution in [0.5, 0.6) is 5.75 Å². The fraction of sp³-hybridized carbons (Fsp3) is 0.242. The van der Waals surface area contributed by atoms with Crippen molar-refractivity contribution in [2.24, 2.45) is 5.73 Å². The molecule has 4 aromatic rings. The molecule has 4 aromatic carbocycles. The molecule has 45 heavy (non-hydrogen) atoms. The van der Waals surface area contributed by atoms with Gasteiger partial charge in [-0.1, -0.05) is 42.5 Å². The minimum atomic E-state index is -4.33. The van der Waals surface area contributed by atoms with Crippen LogP contribution in [0.2, 0.25) is 0 Å². The summed E-state index contributed by atoms with van der Waals surface area (Å²) in [7, 11) is -2.81. The first-order valence-corrected chi connectivity index (χ1v) is 15.8. The zero-order chi connectivity index (χ0) is 32.1. The summed E-state index contributed by atoms with van der Waals surface area (Å²) in [5.74, 6) is -0.945. The van der Waals surface area contributed by atoms with Gasteiger partial charge < -0.3 is 20.7 Å². The summed E-state index contributed by atoms with van der Waals surface area (Å²) in [6.45, 7) is 0.0464. The highest BCUT2D eigenvalue weighted by molar-refractivity contribution is 7.89. The molecule has 1 fully saturated rings. The van der Waals surface area contributed by atoms with E-state index in [9.17, 15) is 22.4 Å². The van der Waals surface area contributed by atoms with Crippen LogP contribution in [0.25, 0.3) is 10.8 Å². The van der Waals surface area contributed by atoms with Crippen molar-refractivity contribution in [3.63, 3.8) is 0 Å². The standard InChI is InChI=1S/C33H34FN5O5S/c1-44-28-10-8-24-9-11-29(19-26(24)18-28)45(42,43)39(21-31(40)37-14-12-22-4-3-7-27(34)17-22)30-13-15-38(33(30)41)20-23-5-2-6-25(16-23)32(35)36/h2-11,16-19,30H,12-15,20-21H2,1H3,(H3,35,36)(H,37,40)/t30-/m0/s1. The van der Waals surface area contributed by atoms with Gasteiger partial charge in [-0.2, -0.15) is 4.31 Å². The van der Waals surface area contributed by atoms with Crippen molar-refractivity contribution in [3.05, 3.63) is 107 Å². The van der Waals surface area contributed by atoms with Gasteiger partial charge in [-0.05, 0) is 77.2 Å². The number of nitrogens with one attached hydrogen (secondary N) is 2. The molecule has 1 atom stereocenters. The SMILES string of the molecule is COc1ccc2ccc(S(=O)(=O)N(CC(=O)NCCc3cccc(F)c3)[C@H]3CCN(Cc4cccc(C(=N)N)c4)C3=O)cc2c1. The molecule has 10 nitrogen and oxygen atoms in total. The van der Waals surface area contributed by atoms with Gasteiger partial charge in [0.15, 0.2) is 0 Å². The third kappa shape index (κ3) is 7.30. The molecule has 0 spiro atoms. The average molecular weight is 632 g/mol. The van der Waals surface area contributed by atoms with Crippen LogP contribution in [0.4, 0.5) is 4.39 Å². The lowest BCUT2D eigenvalue weighted by molar-refractivity contribution is -0.131. The Bertz CT molecular complexity index is 1870. The molecule has 0 bridgehead atoms. The van der Waals surface area contributed by atoms with Crippen LogP contribution < -0.4 is 15.8 Å². The lowest BCUT2D eigenvalue weighted by Gasteiger charge is -2.27. The number of nitrogens with two attached hydrogens (primary N) is 1. The molecule has 0 aliphatic carbocycles. The predicted octanol–water partition coefficient (Wildman–Crippen LogP) is 3.42. The van der Waals surface area contributed by atoms with Gasteiger partial charge in [-0.25, -0.2) is 12.8 Å². The highest BCUT2D eigenvalue weighted by Crippen LogP contribution is 2.29. The maximum absolute atomic E-state index is 14.2. The summed E-state index contributed by atoms with van der Waals surface area (Å²) in [6, 6.07) is 21.8. The van der Waals surface area contributed by atoms with E-state index in [1.54, 1.807) is 59.5 Å². The molecular formula is C33H34FN5O5S. The number of halogens is 1. The van der Waals surface area contributed by atoms with Crippen molar-refractivity contribution in [2.45, 2.75) is 30.3 Å². The van der Waals surface area contributed by atoms with Gasteiger partial charge in [-0.15, -0.1) is 0 Å². The molecule has 1 heterocycles. The van der Waals surface area contributed by atoms with Gasteiger partial charge >= 0.3 is 0 Å². The third-order valence-corrected chi connectivity index (χ3v) is 9.63. The second-order valence-electron chi connectivity index (χ2n) is 10.8. The van der Waals surface area contributed by atoms with E-state index in [1.807, 2.05) is 6.07 Å². The zero-order valence-corrected chi connectivity index (χ0v) is 25.5. The third-order valence-electron chi connectivity index (χ3n) is 7.78. The summed E-state index contributed by atoms with van der Waals surface area (Å²) in [5, 5.41) is 11.8. The minimum absolute atomic E-state index is 0.0591. The van der Waals surface area contributed by atoms with Crippen LogP contribution in [0.3, 0.4) is 0 Å². The summed E-state index contributed by atoms with van der Waals surface area (Å²) in [4.78, 5) is 28.4. The van der Waals surface area contributed by atoms with Gasteiger partial charge in [0.25, 0.3) is 0 Å². The molecule has 0 saturated carbocycles. The monoisotopic (exact) mass is 631 g/mol. The number of carbonyl (C=O) groups is 2. The quantitative estimate of drug-likeness (QED) is 0.161. The first-order valence-electron chi connectivity index (χ1n) is 14.4. The van der Waals surface area contributed by atoms with E-state index in [2.05, 4.69) is 5.32 Å². The first kappa shape index (κ1) is 31.6. The molecule has 4 N–H and O–H groups in total. The van der Waals surface area contributed by atoms with E-state index in [-0.39, 0.29) is 42.6 Å². The number of hydrogen-bond acceptors (Lipinski definition) is 6. The Morgan fingerprint density at radius 3 is 2.56 bits per heavy atom. The summed E-state index contributed by atoms with van der Waals surface area (Å²) in [6.07, 6.45) is 0.528. The van der Waals surface area contributed by atoms with Gasteiger partial charge in [-0.3, -0.25) is 15.0 Å². The van der Waals surface area contributed by atoms with Crippen LogP contribution in [0, 0.1) is 11.2 Å². The van der Waals surface area contributed by atoms with Crippen LogP contribution in [0.15, 0.2) is 89.8 Å². The maximum Gasteiger partial charge on any atom is 0.244 e. The van der Waals surface area contributed by atoms with Crippen molar-refractivity contribution in [3.8, 4) is 5.75 Å². The number of carbonyl (C=O) groups excluding carboxylic acids is 2. The Kier molecular flexibility index (Phi) is 9.45. The predicted molar refractivity (Wildman–Crippen MR) is 169 cm³/mol. The second-order valence-corrected chi connectivity index (χ2v) is 12.7. The van der Waals surface area contributed by atoms with Gasteiger partial charge in [0.2, 0.25) is 21.8 Å². The van der Waals surface area contributed by atoms with Crippen LogP contribution in [-0.2, 0) is 32.6 Å². The fourth-order valence-electron chi connectivity index (χ4n) is 5.43. The second kappa shape index (κ2) is 13.4. The number of fused-ring (bicyclic) bond motifs is 1. The fourth-order valence-corrected chi connectivity index (χ4v) is 7.03. The van der Waals surface area contributed by atoms with Crippen molar-refractivity contribution >= 4 is 38.4 Å². The highest BCUT2D eigenvalue weighted by Gasteiger charge is 2.43. The minimum Gasteiger partial charge on any atom is -0.497 e. The number of nitrogen functional groups attached to an aromatic ring is 1. The summed E-state index contributed by atoms with van der Waals surface area (Å²) < 4.78 is 48.2. The summed E-state index contributed by atoms with van der Waals surface area (Å²) in [5.41, 5.74) is 7.56. The smallest absolute Gasteiger partial charge is 0.244 e. The molecular weight excluding hydrogens is 597 g/mol. The van der Waals surface area contributed by atoms with Gasteiger partial charge in [0, 0.05) is 25.2 Å². The van der Waals surface area contributed by atoms with E-state index in [1.165, 1.54) is 31.4 Å².